The van der Waals surface area contributed by atoms with Gasteiger partial charge in [-0.15, -0.1) is 11.3 Å². The first-order chi connectivity index (χ1) is 13.4. The van der Waals surface area contributed by atoms with Crippen molar-refractivity contribution in [3.8, 4) is 10.6 Å². The predicted octanol–water partition coefficient (Wildman–Crippen LogP) is 4.34. The van der Waals surface area contributed by atoms with E-state index in [0.29, 0.717) is 35.7 Å². The van der Waals surface area contributed by atoms with Crippen LogP contribution < -0.4 is 0 Å². The number of thiophene rings is 1. The smallest absolute Gasteiger partial charge is 0.252 e. The predicted molar refractivity (Wildman–Crippen MR) is 107 cm³/mol. The molecule has 0 N–H and O–H groups in total. The molecule has 0 radical (unpaired) electrons. The number of Topliss-reactive ketones (excluding diaryl/α,β-unsaturated/α-hetero) is 1. The van der Waals surface area contributed by atoms with Crippen LogP contribution in [0.1, 0.15) is 23.2 Å². The van der Waals surface area contributed by atoms with Crippen molar-refractivity contribution in [1.82, 2.24) is 9.46 Å². The van der Waals surface area contributed by atoms with Gasteiger partial charge < -0.3 is 4.52 Å². The van der Waals surface area contributed by atoms with Gasteiger partial charge in [0.2, 0.25) is 0 Å². The monoisotopic (exact) mass is 436 g/mol. The topological polar surface area (TPSA) is 80.5 Å². The molecule has 0 aliphatic carbocycles. The Morgan fingerprint density at radius 1 is 1.25 bits per heavy atom. The van der Waals surface area contributed by atoms with Crippen molar-refractivity contribution in [1.29, 1.82) is 0 Å². The molecule has 9 heteroatoms. The number of rotatable bonds is 5. The van der Waals surface area contributed by atoms with Crippen molar-refractivity contribution in [2.75, 3.05) is 13.1 Å². The number of ketones is 1. The van der Waals surface area contributed by atoms with Crippen LogP contribution in [0.5, 0.6) is 0 Å². The fourth-order valence-corrected chi connectivity index (χ4v) is 6.45. The summed E-state index contributed by atoms with van der Waals surface area (Å²) in [5, 5.41) is 4.33. The van der Waals surface area contributed by atoms with Gasteiger partial charge in [0.05, 0.1) is 4.88 Å². The Bertz CT molecular complexity index is 1090. The van der Waals surface area contributed by atoms with Gasteiger partial charge in [-0.25, -0.2) is 8.42 Å². The van der Waals surface area contributed by atoms with Crippen molar-refractivity contribution in [2.24, 2.45) is 5.92 Å². The molecule has 0 amide bonds. The zero-order valence-corrected chi connectivity index (χ0v) is 17.1. The van der Waals surface area contributed by atoms with E-state index in [4.69, 9.17) is 16.1 Å². The van der Waals surface area contributed by atoms with E-state index in [9.17, 15) is 13.2 Å². The minimum atomic E-state index is -3.67. The Hall–Kier alpha value is -2.00. The van der Waals surface area contributed by atoms with Gasteiger partial charge in [0.15, 0.2) is 5.78 Å². The lowest BCUT2D eigenvalue weighted by Crippen LogP contribution is -2.42. The van der Waals surface area contributed by atoms with Gasteiger partial charge in [0, 0.05) is 35.7 Å². The highest BCUT2D eigenvalue weighted by Crippen LogP contribution is 2.33. The first-order valence-corrected chi connectivity index (χ1v) is 11.4. The number of piperidine rings is 1. The molecule has 1 aliphatic rings. The summed E-state index contributed by atoms with van der Waals surface area (Å²) in [6, 6.07) is 11.7. The summed E-state index contributed by atoms with van der Waals surface area (Å²) in [6.07, 6.45) is 2.74. The quantitative estimate of drug-likeness (QED) is 0.556. The fourth-order valence-electron chi connectivity index (χ4n) is 3.32. The maximum Gasteiger partial charge on any atom is 0.252 e. The van der Waals surface area contributed by atoms with Crippen LogP contribution in [-0.4, -0.2) is 36.8 Å². The molecule has 4 rings (SSSR count). The van der Waals surface area contributed by atoms with E-state index in [-0.39, 0.29) is 22.5 Å². The normalized spacial score (nSPS) is 18.2. The number of carbonyl (C=O) groups excluding carboxylic acids is 1. The maximum absolute atomic E-state index is 13.1. The number of hydrogen-bond acceptors (Lipinski definition) is 6. The number of nitrogens with zero attached hydrogens (tertiary/aromatic N) is 2. The van der Waals surface area contributed by atoms with Crippen molar-refractivity contribution in [3.63, 3.8) is 0 Å². The zero-order valence-electron chi connectivity index (χ0n) is 14.7. The Balaban J connectivity index is 1.54. The molecule has 1 atom stereocenters. The summed E-state index contributed by atoms with van der Waals surface area (Å²) in [4.78, 5) is 13.5. The van der Waals surface area contributed by atoms with Crippen LogP contribution in [0.3, 0.4) is 0 Å². The van der Waals surface area contributed by atoms with Crippen LogP contribution in [0, 0.1) is 5.92 Å². The first kappa shape index (κ1) is 19.3. The fraction of sp³-hybridized carbons (Fsp3) is 0.263. The zero-order chi connectivity index (χ0) is 19.7. The van der Waals surface area contributed by atoms with E-state index < -0.39 is 10.0 Å². The maximum atomic E-state index is 13.1. The lowest BCUT2D eigenvalue weighted by molar-refractivity contribution is 0.0872. The molecule has 1 saturated heterocycles. The second-order valence-corrected chi connectivity index (χ2v) is 10.3. The van der Waals surface area contributed by atoms with Crippen LogP contribution in [-0.2, 0) is 10.0 Å². The standard InChI is InChI=1S/C19H17ClN2O4S2/c20-15-5-1-3-13(11-15)19(23)14-4-2-9-22(12-14)28(24,25)18-7-6-17(27-18)16-8-10-26-21-16/h1,3,5-8,10-11,14H,2,4,9,12H2. The third kappa shape index (κ3) is 3.77. The summed E-state index contributed by atoms with van der Waals surface area (Å²) >= 11 is 7.13. The van der Waals surface area contributed by atoms with E-state index in [1.807, 2.05) is 0 Å². The summed E-state index contributed by atoms with van der Waals surface area (Å²) in [7, 11) is -3.67. The number of benzene rings is 1. The van der Waals surface area contributed by atoms with Gasteiger partial charge in [-0.3, -0.25) is 4.79 Å². The molecule has 3 aromatic rings. The molecule has 6 nitrogen and oxygen atoms in total. The SMILES string of the molecule is O=C(c1cccc(Cl)c1)C1CCCN(S(=O)(=O)c2ccc(-c3ccon3)s2)C1. The van der Waals surface area contributed by atoms with Crippen LogP contribution in [0.2, 0.25) is 5.02 Å². The average molecular weight is 437 g/mol. The highest BCUT2D eigenvalue weighted by molar-refractivity contribution is 7.91. The van der Waals surface area contributed by atoms with Crippen molar-refractivity contribution in [3.05, 3.63) is 59.3 Å². The molecule has 28 heavy (non-hydrogen) atoms. The number of sulfonamides is 1. The second kappa shape index (κ2) is 7.79. The molecule has 0 spiro atoms. The molecular formula is C19H17ClN2O4S2. The number of carbonyl (C=O) groups is 1. The summed E-state index contributed by atoms with van der Waals surface area (Å²) < 4.78 is 32.6. The second-order valence-electron chi connectivity index (χ2n) is 6.58. The van der Waals surface area contributed by atoms with E-state index in [1.54, 1.807) is 42.5 Å². The minimum absolute atomic E-state index is 0.0723. The highest BCUT2D eigenvalue weighted by atomic mass is 35.5. The third-order valence-corrected chi connectivity index (χ3v) is 8.41. The van der Waals surface area contributed by atoms with E-state index in [2.05, 4.69) is 5.16 Å². The van der Waals surface area contributed by atoms with Gasteiger partial charge >= 0.3 is 0 Å². The molecule has 0 saturated carbocycles. The van der Waals surface area contributed by atoms with E-state index >= 15 is 0 Å². The van der Waals surface area contributed by atoms with Crippen LogP contribution in [0.25, 0.3) is 10.6 Å². The van der Waals surface area contributed by atoms with Gasteiger partial charge in [-0.2, -0.15) is 4.31 Å². The summed E-state index contributed by atoms with van der Waals surface area (Å²) in [5.74, 6) is -0.450. The van der Waals surface area contributed by atoms with Crippen molar-refractivity contribution in [2.45, 2.75) is 17.1 Å². The highest BCUT2D eigenvalue weighted by Gasteiger charge is 2.34. The van der Waals surface area contributed by atoms with Crippen molar-refractivity contribution < 1.29 is 17.7 Å². The van der Waals surface area contributed by atoms with Gasteiger partial charge in [0.1, 0.15) is 16.2 Å². The van der Waals surface area contributed by atoms with Gasteiger partial charge in [0.25, 0.3) is 10.0 Å². The average Bonchev–Trinajstić information content (AvgIpc) is 3.39. The molecule has 1 aromatic carbocycles. The summed E-state index contributed by atoms with van der Waals surface area (Å²) in [5.41, 5.74) is 1.11. The summed E-state index contributed by atoms with van der Waals surface area (Å²) in [6.45, 7) is 0.573. The van der Waals surface area contributed by atoms with Crippen molar-refractivity contribution >= 4 is 38.7 Å². The largest absolute Gasteiger partial charge is 0.364 e. The Kier molecular flexibility index (Phi) is 5.37. The number of aromatic nitrogens is 1. The Labute approximate surface area is 171 Å². The van der Waals surface area contributed by atoms with Crippen LogP contribution in [0.15, 0.2) is 57.5 Å². The molecule has 0 bridgehead atoms. The minimum Gasteiger partial charge on any atom is -0.364 e. The Morgan fingerprint density at radius 2 is 2.11 bits per heavy atom. The number of halogens is 1. The Morgan fingerprint density at radius 3 is 2.86 bits per heavy atom. The van der Waals surface area contributed by atoms with Gasteiger partial charge in [-0.1, -0.05) is 28.9 Å². The molecule has 1 aliphatic heterocycles. The molecule has 3 heterocycles. The van der Waals surface area contributed by atoms with Crippen LogP contribution >= 0.6 is 22.9 Å². The van der Waals surface area contributed by atoms with E-state index in [1.165, 1.54) is 10.6 Å². The van der Waals surface area contributed by atoms with Gasteiger partial charge in [-0.05, 0) is 37.1 Å². The third-order valence-electron chi connectivity index (χ3n) is 4.73. The molecule has 146 valence electrons. The van der Waals surface area contributed by atoms with E-state index in [0.717, 1.165) is 16.2 Å². The molecule has 1 fully saturated rings. The lowest BCUT2D eigenvalue weighted by Gasteiger charge is -2.30. The molecule has 1 unspecified atom stereocenters. The number of hydrogen-bond donors (Lipinski definition) is 0. The van der Waals surface area contributed by atoms with Crippen LogP contribution in [0.4, 0.5) is 0 Å². The lowest BCUT2D eigenvalue weighted by atomic mass is 9.91. The molecular weight excluding hydrogens is 420 g/mol. The first-order valence-electron chi connectivity index (χ1n) is 8.75. The molecule has 2 aromatic heterocycles.